The van der Waals surface area contributed by atoms with Gasteiger partial charge in [-0.05, 0) is 35.4 Å². The summed E-state index contributed by atoms with van der Waals surface area (Å²) in [5.41, 5.74) is -5.15. The van der Waals surface area contributed by atoms with Gasteiger partial charge in [0, 0.05) is 5.41 Å². The van der Waals surface area contributed by atoms with Gasteiger partial charge in [-0.1, -0.05) is 38.1 Å². The van der Waals surface area contributed by atoms with Crippen LogP contribution in [0.4, 0.5) is 34.1 Å². The highest BCUT2D eigenvalue weighted by Crippen LogP contribution is 2.45. The van der Waals surface area contributed by atoms with Crippen molar-refractivity contribution < 1.29 is 39.0 Å². The SMILES string of the molecule is CC(C)(c1ccc(Oc2c([N+](=O)[O-])cc([N+](=O)[O-])cc2[N+](=O)[O-])cc1)c1ccc(Oc2c([N+](=O)[O-])cc([N+](=O)[O-])cc2[N+](=O)[O-])cc1. The lowest BCUT2D eigenvalue weighted by molar-refractivity contribution is -0.404. The Labute approximate surface area is 260 Å². The molecule has 0 saturated carbocycles. The second-order valence-corrected chi connectivity index (χ2v) is 10.0. The Morgan fingerprint density at radius 3 is 0.915 bits per heavy atom. The van der Waals surface area contributed by atoms with Gasteiger partial charge in [0.1, 0.15) is 11.5 Å². The molecule has 0 radical (unpaired) electrons. The van der Waals surface area contributed by atoms with Crippen LogP contribution in [0.15, 0.2) is 72.8 Å². The molecule has 0 heterocycles. The molecule has 240 valence electrons. The first-order valence-electron chi connectivity index (χ1n) is 12.8. The molecule has 0 unspecified atom stereocenters. The standard InChI is InChI=1S/C27H18N6O14/c1-27(2,15-3-7-19(8-4-15)46-25-21(30(38)39)11-17(28(34)35)12-22(25)31(40)41)16-5-9-20(10-6-16)47-26-23(32(42)43)13-18(29(36)37)14-24(26)33(44)45/h3-14H,1-2H3. The molecular weight excluding hydrogens is 632 g/mol. The van der Waals surface area contributed by atoms with E-state index in [4.69, 9.17) is 9.47 Å². The first-order valence-corrected chi connectivity index (χ1v) is 12.8. The maximum atomic E-state index is 11.5. The number of hydrogen-bond donors (Lipinski definition) is 0. The third-order valence-corrected chi connectivity index (χ3v) is 6.87. The van der Waals surface area contributed by atoms with Crippen LogP contribution in [0.1, 0.15) is 25.0 Å². The molecule has 0 atom stereocenters. The topological polar surface area (TPSA) is 277 Å². The minimum atomic E-state index is -1.04. The molecule has 0 fully saturated rings. The monoisotopic (exact) mass is 650 g/mol. The van der Waals surface area contributed by atoms with E-state index in [1.807, 2.05) is 0 Å². The van der Waals surface area contributed by atoms with Crippen LogP contribution in [0.25, 0.3) is 0 Å². The van der Waals surface area contributed by atoms with Gasteiger partial charge in [-0.25, -0.2) is 0 Å². The molecule has 0 aromatic heterocycles. The number of benzene rings is 4. The van der Waals surface area contributed by atoms with Crippen LogP contribution < -0.4 is 9.47 Å². The summed E-state index contributed by atoms with van der Waals surface area (Å²) in [6, 6.07) is 13.9. The highest BCUT2D eigenvalue weighted by Gasteiger charge is 2.34. The molecular formula is C27H18N6O14. The molecule has 0 N–H and O–H groups in total. The van der Waals surface area contributed by atoms with Crippen LogP contribution in [0.2, 0.25) is 0 Å². The molecule has 0 spiro atoms. The second kappa shape index (κ2) is 12.5. The molecule has 0 aliphatic rings. The van der Waals surface area contributed by atoms with Crippen molar-refractivity contribution in [3.8, 4) is 23.0 Å². The molecule has 47 heavy (non-hydrogen) atoms. The van der Waals surface area contributed by atoms with Crippen molar-refractivity contribution in [2.75, 3.05) is 0 Å². The summed E-state index contributed by atoms with van der Waals surface area (Å²) in [5.74, 6) is -1.72. The van der Waals surface area contributed by atoms with E-state index in [0.29, 0.717) is 35.4 Å². The molecule has 0 aliphatic heterocycles. The minimum absolute atomic E-state index is 0.0559. The number of rotatable bonds is 12. The second-order valence-electron chi connectivity index (χ2n) is 10.0. The number of nitro benzene ring substituents is 6. The van der Waals surface area contributed by atoms with E-state index >= 15 is 0 Å². The van der Waals surface area contributed by atoms with E-state index in [2.05, 4.69) is 0 Å². The molecule has 20 nitrogen and oxygen atoms in total. The molecule has 4 rings (SSSR count). The largest absolute Gasteiger partial charge is 0.444 e. The van der Waals surface area contributed by atoms with Crippen molar-refractivity contribution in [2.24, 2.45) is 0 Å². The smallest absolute Gasteiger partial charge is 0.325 e. The normalized spacial score (nSPS) is 10.9. The van der Waals surface area contributed by atoms with Crippen molar-refractivity contribution in [1.82, 2.24) is 0 Å². The summed E-state index contributed by atoms with van der Waals surface area (Å²) in [6.45, 7) is 3.60. The summed E-state index contributed by atoms with van der Waals surface area (Å²) in [6.07, 6.45) is 0. The quantitative estimate of drug-likeness (QED) is 0.110. The maximum absolute atomic E-state index is 11.5. The van der Waals surface area contributed by atoms with Gasteiger partial charge in [-0.2, -0.15) is 0 Å². The predicted molar refractivity (Wildman–Crippen MR) is 158 cm³/mol. The van der Waals surface area contributed by atoms with Gasteiger partial charge in [-0.15, -0.1) is 0 Å². The Morgan fingerprint density at radius 1 is 0.447 bits per heavy atom. The first kappa shape index (κ1) is 32.8. The average molecular weight is 650 g/mol. The third-order valence-electron chi connectivity index (χ3n) is 6.87. The molecule has 0 amide bonds. The van der Waals surface area contributed by atoms with E-state index in [0.717, 1.165) is 0 Å². The Kier molecular flexibility index (Phi) is 8.70. The average Bonchev–Trinajstić information content (AvgIpc) is 3.00. The van der Waals surface area contributed by atoms with Gasteiger partial charge in [0.2, 0.25) is 0 Å². The fourth-order valence-corrected chi connectivity index (χ4v) is 4.41. The van der Waals surface area contributed by atoms with E-state index in [9.17, 15) is 60.7 Å². The Balaban J connectivity index is 1.62. The lowest BCUT2D eigenvalue weighted by Gasteiger charge is -2.26. The van der Waals surface area contributed by atoms with Gasteiger partial charge in [-0.3, -0.25) is 60.7 Å². The van der Waals surface area contributed by atoms with E-state index in [1.165, 1.54) is 24.3 Å². The van der Waals surface area contributed by atoms with Crippen molar-refractivity contribution in [2.45, 2.75) is 19.3 Å². The zero-order chi connectivity index (χ0) is 34.8. The number of ether oxygens (including phenoxy) is 2. The van der Waals surface area contributed by atoms with E-state index in [1.54, 1.807) is 38.1 Å². The van der Waals surface area contributed by atoms with Gasteiger partial charge in [0.25, 0.3) is 22.9 Å². The van der Waals surface area contributed by atoms with E-state index in [-0.39, 0.29) is 11.5 Å². The summed E-state index contributed by atoms with van der Waals surface area (Å²) in [4.78, 5) is 62.2. The number of non-ortho nitro benzene ring substituents is 2. The van der Waals surface area contributed by atoms with Gasteiger partial charge in [0.05, 0.1) is 53.8 Å². The van der Waals surface area contributed by atoms with Gasteiger partial charge < -0.3 is 9.47 Å². The van der Waals surface area contributed by atoms with Crippen molar-refractivity contribution in [3.05, 3.63) is 145 Å². The van der Waals surface area contributed by atoms with Crippen LogP contribution in [-0.4, -0.2) is 29.5 Å². The van der Waals surface area contributed by atoms with Crippen molar-refractivity contribution in [1.29, 1.82) is 0 Å². The number of nitro groups is 6. The summed E-state index contributed by atoms with van der Waals surface area (Å²) < 4.78 is 10.9. The van der Waals surface area contributed by atoms with E-state index < -0.39 is 80.6 Å². The Bertz CT molecular complexity index is 1770. The molecule has 0 aliphatic carbocycles. The predicted octanol–water partition coefficient (Wildman–Crippen LogP) is 7.05. The van der Waals surface area contributed by atoms with Crippen LogP contribution in [0, 0.1) is 60.7 Å². The first-order chi connectivity index (χ1) is 22.0. The summed E-state index contributed by atoms with van der Waals surface area (Å²) in [5, 5.41) is 68.4. The Hall–Kier alpha value is -7.12. The van der Waals surface area contributed by atoms with Crippen LogP contribution >= 0.6 is 0 Å². The highest BCUT2D eigenvalue weighted by molar-refractivity contribution is 5.67. The molecule has 4 aromatic carbocycles. The maximum Gasteiger partial charge on any atom is 0.325 e. The molecule has 4 aromatic rings. The van der Waals surface area contributed by atoms with Crippen LogP contribution in [0.3, 0.4) is 0 Å². The van der Waals surface area contributed by atoms with Crippen molar-refractivity contribution in [3.63, 3.8) is 0 Å². The van der Waals surface area contributed by atoms with Gasteiger partial charge >= 0.3 is 22.7 Å². The zero-order valence-corrected chi connectivity index (χ0v) is 23.8. The Morgan fingerprint density at radius 2 is 0.702 bits per heavy atom. The minimum Gasteiger partial charge on any atom is -0.444 e. The molecule has 0 saturated heterocycles. The lowest BCUT2D eigenvalue weighted by atomic mass is 9.78. The highest BCUT2D eigenvalue weighted by atomic mass is 16.7. The summed E-state index contributed by atoms with van der Waals surface area (Å²) >= 11 is 0. The number of hydrogen-bond acceptors (Lipinski definition) is 14. The van der Waals surface area contributed by atoms with Gasteiger partial charge in [0.15, 0.2) is 0 Å². The fourth-order valence-electron chi connectivity index (χ4n) is 4.41. The summed E-state index contributed by atoms with van der Waals surface area (Å²) in [7, 11) is 0. The lowest BCUT2D eigenvalue weighted by Crippen LogP contribution is -2.18. The molecule has 20 heteroatoms. The van der Waals surface area contributed by atoms with Crippen molar-refractivity contribution >= 4 is 34.1 Å². The number of nitrogens with zero attached hydrogens (tertiary/aromatic N) is 6. The fraction of sp³-hybridized carbons (Fsp3) is 0.111. The van der Waals surface area contributed by atoms with Crippen LogP contribution in [-0.2, 0) is 5.41 Å². The zero-order valence-electron chi connectivity index (χ0n) is 23.8. The molecule has 0 bridgehead atoms. The third kappa shape index (κ3) is 6.69. The van der Waals surface area contributed by atoms with Crippen LogP contribution in [0.5, 0.6) is 23.0 Å².